The number of hydrogen-bond donors (Lipinski definition) is 0. The number of amides is 2. The summed E-state index contributed by atoms with van der Waals surface area (Å²) < 4.78 is 38.0. The van der Waals surface area contributed by atoms with Crippen LogP contribution >= 0.6 is 0 Å². The lowest BCUT2D eigenvalue weighted by Crippen LogP contribution is -2.44. The Kier molecular flexibility index (Phi) is 6.60. The van der Waals surface area contributed by atoms with E-state index in [1.165, 1.54) is 25.2 Å². The predicted molar refractivity (Wildman–Crippen MR) is 123 cm³/mol. The van der Waals surface area contributed by atoms with Gasteiger partial charge in [0, 0.05) is 19.5 Å². The van der Waals surface area contributed by atoms with Gasteiger partial charge in [-0.05, 0) is 49.1 Å². The SMILES string of the molecule is COc1ccc(C2CC(=O)N(CC(=O)N3CCCCC3)c3ccccc3S2(=O)=O)cc1OC. The number of anilines is 1. The van der Waals surface area contributed by atoms with E-state index in [0.29, 0.717) is 30.2 Å². The van der Waals surface area contributed by atoms with E-state index in [2.05, 4.69) is 0 Å². The minimum absolute atomic E-state index is 0.0436. The number of fused-ring (bicyclic) bond motifs is 1. The van der Waals surface area contributed by atoms with Crippen LogP contribution in [0.1, 0.15) is 36.5 Å². The normalized spacial score (nSPS) is 20.1. The highest BCUT2D eigenvalue weighted by Gasteiger charge is 2.40. The molecule has 0 radical (unpaired) electrons. The molecule has 0 N–H and O–H groups in total. The molecule has 0 bridgehead atoms. The third-order valence-corrected chi connectivity index (χ3v) is 8.43. The quantitative estimate of drug-likeness (QED) is 0.664. The summed E-state index contributed by atoms with van der Waals surface area (Å²) in [6.07, 6.45) is 2.68. The van der Waals surface area contributed by atoms with Gasteiger partial charge in [0.25, 0.3) is 0 Å². The third-order valence-electron chi connectivity index (χ3n) is 6.28. The fourth-order valence-electron chi connectivity index (χ4n) is 4.49. The fourth-order valence-corrected chi connectivity index (χ4v) is 6.40. The molecule has 0 aromatic heterocycles. The Bertz CT molecular complexity index is 1160. The number of rotatable bonds is 5. The third kappa shape index (κ3) is 4.42. The van der Waals surface area contributed by atoms with E-state index in [4.69, 9.17) is 9.47 Å². The second-order valence-corrected chi connectivity index (χ2v) is 10.3. The molecule has 0 aliphatic carbocycles. The van der Waals surface area contributed by atoms with Gasteiger partial charge < -0.3 is 19.3 Å². The molecule has 0 saturated carbocycles. The Labute approximate surface area is 194 Å². The van der Waals surface area contributed by atoms with Crippen molar-refractivity contribution in [1.82, 2.24) is 4.90 Å². The highest BCUT2D eigenvalue weighted by molar-refractivity contribution is 7.92. The van der Waals surface area contributed by atoms with Crippen molar-refractivity contribution in [3.05, 3.63) is 48.0 Å². The van der Waals surface area contributed by atoms with Crippen molar-refractivity contribution in [2.75, 3.05) is 38.8 Å². The highest BCUT2D eigenvalue weighted by atomic mass is 32.2. The van der Waals surface area contributed by atoms with E-state index in [9.17, 15) is 18.0 Å². The van der Waals surface area contributed by atoms with Crippen LogP contribution in [0.25, 0.3) is 0 Å². The van der Waals surface area contributed by atoms with Crippen molar-refractivity contribution >= 4 is 27.3 Å². The van der Waals surface area contributed by atoms with E-state index in [1.54, 1.807) is 41.3 Å². The lowest BCUT2D eigenvalue weighted by Gasteiger charge is -2.30. The molecule has 0 spiro atoms. The fraction of sp³-hybridized carbons (Fsp3) is 0.417. The van der Waals surface area contributed by atoms with Crippen LogP contribution in [0.5, 0.6) is 11.5 Å². The van der Waals surface area contributed by atoms with Crippen LogP contribution < -0.4 is 14.4 Å². The van der Waals surface area contributed by atoms with Gasteiger partial charge >= 0.3 is 0 Å². The lowest BCUT2D eigenvalue weighted by molar-refractivity contribution is -0.132. The van der Waals surface area contributed by atoms with Crippen LogP contribution in [0.4, 0.5) is 5.69 Å². The molecule has 2 amide bonds. The molecule has 33 heavy (non-hydrogen) atoms. The number of piperidine rings is 1. The molecule has 1 atom stereocenters. The van der Waals surface area contributed by atoms with Gasteiger partial charge in [0.05, 0.1) is 30.1 Å². The van der Waals surface area contributed by atoms with Gasteiger partial charge in [0.1, 0.15) is 6.54 Å². The zero-order chi connectivity index (χ0) is 23.6. The van der Waals surface area contributed by atoms with Gasteiger partial charge in [0.2, 0.25) is 11.8 Å². The molecule has 1 fully saturated rings. The van der Waals surface area contributed by atoms with Crippen LogP contribution in [-0.4, -0.2) is 59.0 Å². The number of benzene rings is 2. The van der Waals surface area contributed by atoms with Crippen molar-refractivity contribution in [2.24, 2.45) is 0 Å². The second kappa shape index (κ2) is 9.43. The summed E-state index contributed by atoms with van der Waals surface area (Å²) in [6.45, 7) is 1.15. The predicted octanol–water partition coefficient (Wildman–Crippen LogP) is 2.97. The van der Waals surface area contributed by atoms with Gasteiger partial charge in [-0.3, -0.25) is 9.59 Å². The van der Waals surface area contributed by atoms with E-state index in [0.717, 1.165) is 19.3 Å². The van der Waals surface area contributed by atoms with Crippen molar-refractivity contribution in [3.8, 4) is 11.5 Å². The van der Waals surface area contributed by atoms with Gasteiger partial charge in [0.15, 0.2) is 21.3 Å². The number of hydrogen-bond acceptors (Lipinski definition) is 6. The number of nitrogens with zero attached hydrogens (tertiary/aromatic N) is 2. The van der Waals surface area contributed by atoms with E-state index in [1.807, 2.05) is 0 Å². The topological polar surface area (TPSA) is 93.2 Å². The summed E-state index contributed by atoms with van der Waals surface area (Å²) in [5.41, 5.74) is 0.677. The summed E-state index contributed by atoms with van der Waals surface area (Å²) in [7, 11) is -0.960. The maximum atomic E-state index is 13.7. The Morgan fingerprint density at radius 3 is 2.39 bits per heavy atom. The molecular formula is C24H28N2O6S. The van der Waals surface area contributed by atoms with Crippen molar-refractivity contribution in [1.29, 1.82) is 0 Å². The van der Waals surface area contributed by atoms with Crippen LogP contribution in [0, 0.1) is 0 Å². The molecule has 2 aromatic rings. The molecule has 2 aliphatic rings. The summed E-state index contributed by atoms with van der Waals surface area (Å²) in [5.74, 6) is 0.272. The van der Waals surface area contributed by atoms with Crippen LogP contribution in [0.3, 0.4) is 0 Å². The maximum Gasteiger partial charge on any atom is 0.242 e. The summed E-state index contributed by atoms with van der Waals surface area (Å²) in [4.78, 5) is 29.5. The van der Waals surface area contributed by atoms with Crippen LogP contribution in [-0.2, 0) is 19.4 Å². The van der Waals surface area contributed by atoms with Crippen LogP contribution in [0.15, 0.2) is 47.4 Å². The van der Waals surface area contributed by atoms with E-state index in [-0.39, 0.29) is 29.5 Å². The van der Waals surface area contributed by atoms with Crippen molar-refractivity contribution in [2.45, 2.75) is 35.8 Å². The lowest BCUT2D eigenvalue weighted by atomic mass is 10.1. The Hall–Kier alpha value is -3.07. The maximum absolute atomic E-state index is 13.7. The van der Waals surface area contributed by atoms with Crippen molar-refractivity contribution < 1.29 is 27.5 Å². The van der Waals surface area contributed by atoms with Gasteiger partial charge in [-0.25, -0.2) is 8.42 Å². The number of carbonyl (C=O) groups is 2. The number of sulfone groups is 1. The second-order valence-electron chi connectivity index (χ2n) is 8.24. The first-order chi connectivity index (χ1) is 15.9. The monoisotopic (exact) mass is 472 g/mol. The first-order valence-electron chi connectivity index (χ1n) is 11.0. The Morgan fingerprint density at radius 2 is 1.70 bits per heavy atom. The summed E-state index contributed by atoms with van der Waals surface area (Å²) >= 11 is 0. The number of para-hydroxylation sites is 1. The zero-order valence-corrected chi connectivity index (χ0v) is 19.6. The molecule has 1 unspecified atom stereocenters. The molecule has 176 valence electrons. The highest BCUT2D eigenvalue weighted by Crippen LogP contribution is 2.42. The van der Waals surface area contributed by atoms with Gasteiger partial charge in [-0.1, -0.05) is 18.2 Å². The van der Waals surface area contributed by atoms with Crippen LogP contribution in [0.2, 0.25) is 0 Å². The molecule has 1 saturated heterocycles. The van der Waals surface area contributed by atoms with Crippen molar-refractivity contribution in [3.63, 3.8) is 0 Å². The Balaban J connectivity index is 1.74. The minimum Gasteiger partial charge on any atom is -0.493 e. The molecule has 4 rings (SSSR count). The molecule has 9 heteroatoms. The summed E-state index contributed by atoms with van der Waals surface area (Å²) in [5, 5.41) is -1.11. The summed E-state index contributed by atoms with van der Waals surface area (Å²) in [6, 6.07) is 11.2. The average molecular weight is 473 g/mol. The van der Waals surface area contributed by atoms with Gasteiger partial charge in [-0.2, -0.15) is 0 Å². The van der Waals surface area contributed by atoms with E-state index >= 15 is 0 Å². The van der Waals surface area contributed by atoms with E-state index < -0.39 is 21.0 Å². The smallest absolute Gasteiger partial charge is 0.242 e. The first kappa shape index (κ1) is 23.1. The molecular weight excluding hydrogens is 444 g/mol. The standard InChI is InChI=1S/C24H28N2O6S/c1-31-19-11-10-17(14-20(19)32-2)22-15-23(27)26(16-24(28)25-12-6-3-7-13-25)18-8-4-5-9-21(18)33(22,29)30/h4-5,8-11,14,22H,3,6-7,12-13,15-16H2,1-2H3. The number of methoxy groups -OCH3 is 2. The Morgan fingerprint density at radius 1 is 1.00 bits per heavy atom. The molecule has 8 nitrogen and oxygen atoms in total. The number of carbonyl (C=O) groups excluding carboxylic acids is 2. The average Bonchev–Trinajstić information content (AvgIpc) is 2.92. The molecule has 2 heterocycles. The van der Waals surface area contributed by atoms with Gasteiger partial charge in [-0.15, -0.1) is 0 Å². The number of likely N-dealkylation sites (tertiary alicyclic amines) is 1. The largest absolute Gasteiger partial charge is 0.493 e. The zero-order valence-electron chi connectivity index (χ0n) is 18.8. The molecule has 2 aliphatic heterocycles. The molecule has 2 aromatic carbocycles. The first-order valence-corrected chi connectivity index (χ1v) is 12.5. The minimum atomic E-state index is -3.93. The number of ether oxygens (including phenoxy) is 2.